The highest BCUT2D eigenvalue weighted by Gasteiger charge is 2.18. The lowest BCUT2D eigenvalue weighted by Crippen LogP contribution is -2.38. The predicted molar refractivity (Wildman–Crippen MR) is 110 cm³/mol. The van der Waals surface area contributed by atoms with Gasteiger partial charge in [-0.15, -0.1) is 0 Å². The molecule has 6 nitrogen and oxygen atoms in total. The maximum absolute atomic E-state index is 12.3. The van der Waals surface area contributed by atoms with E-state index < -0.39 is 0 Å². The number of fused-ring (bicyclic) bond motifs is 1. The van der Waals surface area contributed by atoms with Crippen molar-refractivity contribution in [3.63, 3.8) is 0 Å². The number of halogens is 1. The summed E-state index contributed by atoms with van der Waals surface area (Å²) in [6.07, 6.45) is 5.79. The van der Waals surface area contributed by atoms with Crippen LogP contribution in [0.3, 0.4) is 0 Å². The quantitative estimate of drug-likeness (QED) is 0.583. The molecule has 2 heterocycles. The Kier molecular flexibility index (Phi) is 6.50. The van der Waals surface area contributed by atoms with Gasteiger partial charge in [-0.25, -0.2) is 5.43 Å². The number of nitrogens with one attached hydrogen (secondary N) is 1. The number of nitrogens with zero attached hydrogens (tertiary/aromatic N) is 4. The number of anilines is 1. The third kappa shape index (κ3) is 4.69. The van der Waals surface area contributed by atoms with Crippen LogP contribution in [0, 0.1) is 6.92 Å². The first-order valence-corrected chi connectivity index (χ1v) is 9.85. The fourth-order valence-corrected chi connectivity index (χ4v) is 3.63. The maximum Gasteiger partial charge on any atom is 0.259 e. The summed E-state index contributed by atoms with van der Waals surface area (Å²) in [7, 11) is 0. The molecule has 1 aliphatic heterocycles. The molecule has 144 valence electrons. The Morgan fingerprint density at radius 2 is 2.22 bits per heavy atom. The summed E-state index contributed by atoms with van der Waals surface area (Å²) >= 11 is 6.38. The molecule has 0 atom stereocenters. The third-order valence-electron chi connectivity index (χ3n) is 4.76. The molecule has 0 bridgehead atoms. The fourth-order valence-electron chi connectivity index (χ4n) is 3.32. The van der Waals surface area contributed by atoms with Gasteiger partial charge in [-0.2, -0.15) is 10.2 Å². The highest BCUT2D eigenvalue weighted by molar-refractivity contribution is 6.32. The minimum atomic E-state index is -0.143. The van der Waals surface area contributed by atoms with Crippen molar-refractivity contribution in [2.24, 2.45) is 5.10 Å². The summed E-state index contributed by atoms with van der Waals surface area (Å²) in [5.74, 6) is -0.143. The second-order valence-electron chi connectivity index (χ2n) is 6.81. The molecule has 0 aliphatic carbocycles. The van der Waals surface area contributed by atoms with Gasteiger partial charge in [0.05, 0.1) is 24.0 Å². The van der Waals surface area contributed by atoms with Crippen LogP contribution in [-0.2, 0) is 17.8 Å². The Bertz CT molecular complexity index is 830. The second-order valence-corrected chi connectivity index (χ2v) is 7.17. The van der Waals surface area contributed by atoms with E-state index in [1.54, 1.807) is 10.9 Å². The normalized spacial score (nSPS) is 13.8. The van der Waals surface area contributed by atoms with Crippen molar-refractivity contribution in [1.82, 2.24) is 15.2 Å². The number of hydrogen-bond donors (Lipinski definition) is 1. The Morgan fingerprint density at radius 1 is 1.41 bits per heavy atom. The summed E-state index contributed by atoms with van der Waals surface area (Å²) in [6, 6.07) is 8.24. The number of hydrazone groups is 1. The Labute approximate surface area is 165 Å². The van der Waals surface area contributed by atoms with Crippen LogP contribution < -0.4 is 10.3 Å². The van der Waals surface area contributed by atoms with Crippen molar-refractivity contribution in [2.45, 2.75) is 46.1 Å². The molecular formula is C20H26ClN5O. The molecule has 2 aromatic rings. The number of aromatic nitrogens is 2. The minimum absolute atomic E-state index is 0.143. The van der Waals surface area contributed by atoms with Crippen LogP contribution in [0.4, 0.5) is 5.69 Å². The van der Waals surface area contributed by atoms with Crippen LogP contribution >= 0.6 is 11.6 Å². The van der Waals surface area contributed by atoms with Gasteiger partial charge in [-0.05, 0) is 37.8 Å². The zero-order chi connectivity index (χ0) is 19.2. The van der Waals surface area contributed by atoms with Crippen molar-refractivity contribution in [2.75, 3.05) is 18.0 Å². The van der Waals surface area contributed by atoms with Gasteiger partial charge in [-0.3, -0.25) is 9.48 Å². The van der Waals surface area contributed by atoms with E-state index in [0.717, 1.165) is 55.7 Å². The first kappa shape index (κ1) is 19.4. The lowest BCUT2D eigenvalue weighted by atomic mass is 10.0. The topological polar surface area (TPSA) is 62.5 Å². The smallest absolute Gasteiger partial charge is 0.259 e. The predicted octanol–water partition coefficient (Wildman–Crippen LogP) is 3.55. The van der Waals surface area contributed by atoms with E-state index in [9.17, 15) is 4.79 Å². The molecule has 0 spiro atoms. The number of rotatable bonds is 7. The van der Waals surface area contributed by atoms with Crippen molar-refractivity contribution >= 4 is 29.4 Å². The Morgan fingerprint density at radius 3 is 3.04 bits per heavy atom. The fraction of sp³-hybridized carbons (Fsp3) is 0.450. The van der Waals surface area contributed by atoms with Crippen molar-refractivity contribution in [3.05, 3.63) is 46.2 Å². The molecule has 1 amide bonds. The van der Waals surface area contributed by atoms with Crippen molar-refractivity contribution in [3.8, 4) is 0 Å². The number of hydrogen-bond acceptors (Lipinski definition) is 4. The van der Waals surface area contributed by atoms with Crippen LogP contribution in [0.1, 0.15) is 43.0 Å². The zero-order valence-electron chi connectivity index (χ0n) is 15.9. The van der Waals surface area contributed by atoms with E-state index in [4.69, 9.17) is 11.6 Å². The van der Waals surface area contributed by atoms with Gasteiger partial charge in [-0.1, -0.05) is 43.1 Å². The van der Waals surface area contributed by atoms with Gasteiger partial charge in [0.1, 0.15) is 5.15 Å². The molecule has 3 rings (SSSR count). The van der Waals surface area contributed by atoms with E-state index in [2.05, 4.69) is 39.6 Å². The molecule has 27 heavy (non-hydrogen) atoms. The van der Waals surface area contributed by atoms with E-state index in [-0.39, 0.29) is 12.5 Å². The van der Waals surface area contributed by atoms with Gasteiger partial charge in [0.25, 0.3) is 5.91 Å². The van der Waals surface area contributed by atoms with E-state index in [1.807, 2.05) is 19.1 Å². The molecule has 0 saturated heterocycles. The van der Waals surface area contributed by atoms with Gasteiger partial charge in [0, 0.05) is 18.8 Å². The molecule has 0 saturated carbocycles. The molecule has 0 fully saturated rings. The summed E-state index contributed by atoms with van der Waals surface area (Å²) in [5.41, 5.74) is 6.59. The molecule has 7 heteroatoms. The molecule has 1 aromatic carbocycles. The van der Waals surface area contributed by atoms with E-state index >= 15 is 0 Å². The van der Waals surface area contributed by atoms with Crippen molar-refractivity contribution in [1.29, 1.82) is 0 Å². The number of para-hydroxylation sites is 1. The number of unbranched alkanes of at least 4 members (excludes halogenated alkanes) is 1. The zero-order valence-corrected chi connectivity index (χ0v) is 16.7. The Balaban J connectivity index is 1.59. The molecule has 1 aromatic heterocycles. The van der Waals surface area contributed by atoms with Crippen LogP contribution in [0.2, 0.25) is 5.15 Å². The first-order chi connectivity index (χ1) is 13.1. The molecule has 0 radical (unpaired) electrons. The summed E-state index contributed by atoms with van der Waals surface area (Å²) in [6.45, 7) is 5.97. The molecule has 1 N–H and O–H groups in total. The Hall–Kier alpha value is -2.34. The highest BCUT2D eigenvalue weighted by atomic mass is 35.5. The number of carbonyl (C=O) groups excluding carboxylic acids is 1. The van der Waals surface area contributed by atoms with Gasteiger partial charge in [0.2, 0.25) is 0 Å². The summed E-state index contributed by atoms with van der Waals surface area (Å²) < 4.78 is 1.79. The van der Waals surface area contributed by atoms with Gasteiger partial charge >= 0.3 is 0 Å². The van der Waals surface area contributed by atoms with E-state index in [0.29, 0.717) is 5.15 Å². The first-order valence-electron chi connectivity index (χ1n) is 9.47. The third-order valence-corrected chi connectivity index (χ3v) is 5.16. The molecular weight excluding hydrogens is 362 g/mol. The number of carbonyl (C=O) groups is 1. The lowest BCUT2D eigenvalue weighted by Gasteiger charge is -2.30. The summed E-state index contributed by atoms with van der Waals surface area (Å²) in [4.78, 5) is 14.4. The summed E-state index contributed by atoms with van der Waals surface area (Å²) in [5, 5.41) is 9.09. The van der Waals surface area contributed by atoms with Gasteiger partial charge < -0.3 is 4.90 Å². The SMILES string of the molecule is CCCCn1nc(C)c(/C=N/NC(=O)CN2CCCc3ccccc32)c1Cl. The van der Waals surface area contributed by atoms with Crippen LogP contribution in [0.25, 0.3) is 0 Å². The average molecular weight is 388 g/mol. The highest BCUT2D eigenvalue weighted by Crippen LogP contribution is 2.26. The lowest BCUT2D eigenvalue weighted by molar-refractivity contribution is -0.119. The number of amides is 1. The van der Waals surface area contributed by atoms with Crippen LogP contribution in [0.15, 0.2) is 29.4 Å². The number of aryl methyl sites for hydroxylation is 3. The standard InChI is InChI=1S/C20H26ClN5O/c1-3-4-12-26-20(21)17(15(2)24-26)13-22-23-19(27)14-25-11-7-9-16-8-5-6-10-18(16)25/h5-6,8,10,13H,3-4,7,9,11-12,14H2,1-2H3,(H,23,27)/b22-13+. The minimum Gasteiger partial charge on any atom is -0.362 e. The van der Waals surface area contributed by atoms with Crippen LogP contribution in [0.5, 0.6) is 0 Å². The number of benzene rings is 1. The average Bonchev–Trinajstić information content (AvgIpc) is 2.94. The molecule has 0 unspecified atom stereocenters. The van der Waals surface area contributed by atoms with Crippen LogP contribution in [-0.4, -0.2) is 35.0 Å². The van der Waals surface area contributed by atoms with Crippen molar-refractivity contribution < 1.29 is 4.79 Å². The van der Waals surface area contributed by atoms with Gasteiger partial charge in [0.15, 0.2) is 0 Å². The maximum atomic E-state index is 12.3. The largest absolute Gasteiger partial charge is 0.362 e. The van der Waals surface area contributed by atoms with E-state index in [1.165, 1.54) is 5.56 Å². The monoisotopic (exact) mass is 387 g/mol. The molecule has 1 aliphatic rings. The second kappa shape index (κ2) is 9.04.